The second kappa shape index (κ2) is 10.7. The average Bonchev–Trinajstić information content (AvgIpc) is 3.50. The van der Waals surface area contributed by atoms with Crippen molar-refractivity contribution in [1.82, 2.24) is 24.8 Å². The van der Waals surface area contributed by atoms with Crippen molar-refractivity contribution < 1.29 is 24.2 Å². The highest BCUT2D eigenvalue weighted by atomic mass is 35.5. The third kappa shape index (κ3) is 5.16. The first kappa shape index (κ1) is 25.5. The second-order valence-corrected chi connectivity index (χ2v) is 10.6. The molecule has 0 bridgehead atoms. The zero-order chi connectivity index (χ0) is 26.1. The first-order valence-electron chi connectivity index (χ1n) is 12.9. The van der Waals surface area contributed by atoms with Crippen molar-refractivity contribution >= 4 is 29.4 Å². The van der Waals surface area contributed by atoms with E-state index in [4.69, 9.17) is 16.3 Å². The summed E-state index contributed by atoms with van der Waals surface area (Å²) in [6.45, 7) is 1.55. The van der Waals surface area contributed by atoms with E-state index in [0.29, 0.717) is 61.8 Å². The number of hydrogen-bond acceptors (Lipinski definition) is 6. The fourth-order valence-corrected chi connectivity index (χ4v) is 6.27. The van der Waals surface area contributed by atoms with Crippen molar-refractivity contribution in [2.24, 2.45) is 18.9 Å². The van der Waals surface area contributed by atoms with Crippen LogP contribution in [0.4, 0.5) is 0 Å². The zero-order valence-corrected chi connectivity index (χ0v) is 21.7. The molecule has 1 N–H and O–H groups in total. The molecule has 1 aromatic heterocycles. The van der Waals surface area contributed by atoms with Crippen LogP contribution in [-0.2, 0) is 34.5 Å². The van der Waals surface area contributed by atoms with Gasteiger partial charge in [0.25, 0.3) is 0 Å². The monoisotopic (exact) mass is 529 g/mol. The Labute approximate surface area is 220 Å². The van der Waals surface area contributed by atoms with E-state index in [1.807, 2.05) is 0 Å². The highest BCUT2D eigenvalue weighted by Gasteiger charge is 2.43. The number of amides is 2. The number of carboxylic acid groups (broad SMARTS) is 1. The van der Waals surface area contributed by atoms with Crippen LogP contribution in [0.2, 0.25) is 5.02 Å². The summed E-state index contributed by atoms with van der Waals surface area (Å²) in [7, 11) is 1.78. The number of fused-ring (bicyclic) bond motifs is 1. The van der Waals surface area contributed by atoms with E-state index in [-0.39, 0.29) is 18.4 Å². The van der Waals surface area contributed by atoms with Crippen LogP contribution < -0.4 is 4.74 Å². The molecule has 0 unspecified atom stereocenters. The van der Waals surface area contributed by atoms with Crippen LogP contribution >= 0.6 is 11.6 Å². The molecule has 2 fully saturated rings. The predicted molar refractivity (Wildman–Crippen MR) is 134 cm³/mol. The molecule has 3 heterocycles. The Bertz CT molecular complexity index is 1200. The van der Waals surface area contributed by atoms with Crippen LogP contribution in [0.1, 0.15) is 61.4 Å². The molecule has 5 rings (SSSR count). The lowest BCUT2D eigenvalue weighted by molar-refractivity contribution is -0.154. The summed E-state index contributed by atoms with van der Waals surface area (Å²) in [6.07, 6.45) is 6.27. The highest BCUT2D eigenvalue weighted by molar-refractivity contribution is 6.31. The number of likely N-dealkylation sites (tertiary alicyclic amines) is 1. The number of ether oxygens (including phenoxy) is 1. The van der Waals surface area contributed by atoms with E-state index in [9.17, 15) is 19.5 Å². The number of halogens is 1. The van der Waals surface area contributed by atoms with Crippen molar-refractivity contribution in [3.8, 4) is 5.75 Å². The molecule has 11 heteroatoms. The minimum Gasteiger partial charge on any atom is -0.487 e. The number of nitrogens with zero attached hydrogens (tertiary/aromatic N) is 5. The maximum absolute atomic E-state index is 14.0. The standard InChI is InChI=1S/C26H32ClN5O5/c1-30-13-16(28-29-30)15-37-22-9-8-20(27)19-10-12-32(21(24(19)22)14-31-11-4-7-23(31)33)25(34)17-5-2-3-6-18(17)26(35)36/h8-9,13,17-18,21H,2-7,10-12,14-15H2,1H3,(H,35,36)/t17-,18+,21-/m1/s1. The fourth-order valence-electron chi connectivity index (χ4n) is 6.01. The number of benzene rings is 1. The molecular formula is C26H32ClN5O5. The summed E-state index contributed by atoms with van der Waals surface area (Å²) in [5.74, 6) is -1.70. The molecule has 0 spiro atoms. The number of carbonyl (C=O) groups excluding carboxylic acids is 2. The molecule has 2 aliphatic heterocycles. The van der Waals surface area contributed by atoms with Gasteiger partial charge in [-0.05, 0) is 43.4 Å². The lowest BCUT2D eigenvalue weighted by Crippen LogP contribution is -2.50. The van der Waals surface area contributed by atoms with E-state index < -0.39 is 23.8 Å². The van der Waals surface area contributed by atoms with Crippen LogP contribution in [0.25, 0.3) is 0 Å². The van der Waals surface area contributed by atoms with Gasteiger partial charge in [-0.3, -0.25) is 19.1 Å². The van der Waals surface area contributed by atoms with Crippen molar-refractivity contribution in [3.05, 3.63) is 40.2 Å². The van der Waals surface area contributed by atoms with Crippen LogP contribution in [0.15, 0.2) is 18.3 Å². The molecule has 1 saturated carbocycles. The van der Waals surface area contributed by atoms with Gasteiger partial charge < -0.3 is 19.6 Å². The third-order valence-corrected chi connectivity index (χ3v) is 8.20. The van der Waals surface area contributed by atoms with E-state index in [1.54, 1.807) is 39.9 Å². The van der Waals surface area contributed by atoms with Crippen LogP contribution in [0, 0.1) is 11.8 Å². The molecule has 198 valence electrons. The molecule has 37 heavy (non-hydrogen) atoms. The number of rotatable bonds is 7. The molecule has 2 aromatic rings. The summed E-state index contributed by atoms with van der Waals surface area (Å²) in [5, 5.41) is 18.5. The average molecular weight is 530 g/mol. The molecule has 3 atom stereocenters. The Morgan fingerprint density at radius 2 is 1.92 bits per heavy atom. The van der Waals surface area contributed by atoms with E-state index in [2.05, 4.69) is 10.3 Å². The van der Waals surface area contributed by atoms with Crippen molar-refractivity contribution in [2.75, 3.05) is 19.6 Å². The molecule has 0 radical (unpaired) electrons. The van der Waals surface area contributed by atoms with Gasteiger partial charge in [0.1, 0.15) is 18.1 Å². The number of carbonyl (C=O) groups is 3. The molecule has 3 aliphatic rings. The Kier molecular flexibility index (Phi) is 7.37. The van der Waals surface area contributed by atoms with Gasteiger partial charge in [0.15, 0.2) is 0 Å². The summed E-state index contributed by atoms with van der Waals surface area (Å²) in [4.78, 5) is 42.2. The lowest BCUT2D eigenvalue weighted by atomic mass is 9.77. The Morgan fingerprint density at radius 1 is 1.14 bits per heavy atom. The van der Waals surface area contributed by atoms with Gasteiger partial charge >= 0.3 is 5.97 Å². The maximum Gasteiger partial charge on any atom is 0.307 e. The summed E-state index contributed by atoms with van der Waals surface area (Å²) in [6, 6.07) is 3.11. The molecular weight excluding hydrogens is 498 g/mol. The minimum atomic E-state index is -0.919. The van der Waals surface area contributed by atoms with Gasteiger partial charge in [0, 0.05) is 43.7 Å². The van der Waals surface area contributed by atoms with Gasteiger partial charge in [-0.2, -0.15) is 0 Å². The third-order valence-electron chi connectivity index (χ3n) is 7.85. The number of aryl methyl sites for hydroxylation is 1. The van der Waals surface area contributed by atoms with Crippen molar-refractivity contribution in [2.45, 2.75) is 57.6 Å². The topological polar surface area (TPSA) is 118 Å². The van der Waals surface area contributed by atoms with Gasteiger partial charge in [0.05, 0.1) is 24.1 Å². The maximum atomic E-state index is 14.0. The van der Waals surface area contributed by atoms with Gasteiger partial charge in [-0.25, -0.2) is 0 Å². The minimum absolute atomic E-state index is 0.0599. The Hall–Kier alpha value is -3.14. The lowest BCUT2D eigenvalue weighted by Gasteiger charge is -2.43. The number of aliphatic carboxylic acids is 1. The van der Waals surface area contributed by atoms with Crippen LogP contribution in [0.3, 0.4) is 0 Å². The Balaban J connectivity index is 1.51. The zero-order valence-electron chi connectivity index (χ0n) is 20.9. The SMILES string of the molecule is Cn1cc(COc2ccc(Cl)c3c2[C@@H](CN2CCCC2=O)N(C(=O)[C@@H]2CCCC[C@@H]2C(=O)O)CC3)nn1. The van der Waals surface area contributed by atoms with E-state index in [0.717, 1.165) is 30.4 Å². The van der Waals surface area contributed by atoms with Crippen molar-refractivity contribution in [1.29, 1.82) is 0 Å². The van der Waals surface area contributed by atoms with Crippen molar-refractivity contribution in [3.63, 3.8) is 0 Å². The predicted octanol–water partition coefficient (Wildman–Crippen LogP) is 2.99. The quantitative estimate of drug-likeness (QED) is 0.585. The van der Waals surface area contributed by atoms with Gasteiger partial charge in [-0.1, -0.05) is 29.7 Å². The summed E-state index contributed by atoms with van der Waals surface area (Å²) in [5.41, 5.74) is 2.35. The number of carboxylic acids is 1. The molecule has 1 saturated heterocycles. The number of hydrogen-bond donors (Lipinski definition) is 1. The number of aromatic nitrogens is 3. The smallest absolute Gasteiger partial charge is 0.307 e. The van der Waals surface area contributed by atoms with Crippen LogP contribution in [0.5, 0.6) is 5.75 Å². The highest BCUT2D eigenvalue weighted by Crippen LogP contribution is 2.43. The van der Waals surface area contributed by atoms with Gasteiger partial charge in [-0.15, -0.1) is 5.10 Å². The van der Waals surface area contributed by atoms with E-state index in [1.165, 1.54) is 0 Å². The fraction of sp³-hybridized carbons (Fsp3) is 0.577. The Morgan fingerprint density at radius 3 is 2.59 bits per heavy atom. The van der Waals surface area contributed by atoms with Gasteiger partial charge in [0.2, 0.25) is 11.8 Å². The molecule has 1 aliphatic carbocycles. The normalized spacial score (nSPS) is 23.7. The molecule has 10 nitrogen and oxygen atoms in total. The largest absolute Gasteiger partial charge is 0.487 e. The van der Waals surface area contributed by atoms with E-state index >= 15 is 0 Å². The summed E-state index contributed by atoms with van der Waals surface area (Å²) >= 11 is 6.64. The first-order valence-corrected chi connectivity index (χ1v) is 13.3. The second-order valence-electron chi connectivity index (χ2n) is 10.2. The van der Waals surface area contributed by atoms with Crippen LogP contribution in [-0.4, -0.2) is 67.3 Å². The first-order chi connectivity index (χ1) is 17.8. The molecule has 1 aromatic carbocycles. The summed E-state index contributed by atoms with van der Waals surface area (Å²) < 4.78 is 7.80. The molecule has 2 amide bonds.